The first-order chi connectivity index (χ1) is 16.4. The Morgan fingerprint density at radius 1 is 0.941 bits per heavy atom. The summed E-state index contributed by atoms with van der Waals surface area (Å²) in [6.45, 7) is 0.230. The number of ketones is 2. The molecule has 34 heavy (non-hydrogen) atoms. The fraction of sp³-hybridized carbons (Fsp3) is 0.296. The van der Waals surface area contributed by atoms with E-state index in [2.05, 4.69) is 5.32 Å². The first-order valence-electron chi connectivity index (χ1n) is 11.5. The number of rotatable bonds is 5. The van der Waals surface area contributed by atoms with E-state index in [9.17, 15) is 14.4 Å². The SMILES string of the molecule is O=C1CCCC2=C1C(c1ccc(OCc3ccc(C(=O)O)cc3)c(Cl)c1)C1=C(CCCC1=O)N2. The molecular weight excluding hydrogens is 454 g/mol. The Labute approximate surface area is 202 Å². The average molecular weight is 478 g/mol. The van der Waals surface area contributed by atoms with Crippen LogP contribution in [0.5, 0.6) is 5.75 Å². The molecule has 1 aliphatic heterocycles. The summed E-state index contributed by atoms with van der Waals surface area (Å²) in [6.07, 6.45) is 4.22. The number of hydrogen-bond acceptors (Lipinski definition) is 5. The fourth-order valence-electron chi connectivity index (χ4n) is 5.03. The topological polar surface area (TPSA) is 92.7 Å². The first-order valence-corrected chi connectivity index (χ1v) is 11.8. The van der Waals surface area contributed by atoms with Crippen LogP contribution in [0, 0.1) is 0 Å². The summed E-state index contributed by atoms with van der Waals surface area (Å²) in [5.74, 6) is -0.722. The number of ether oxygens (including phenoxy) is 1. The van der Waals surface area contributed by atoms with Crippen molar-refractivity contribution in [3.8, 4) is 5.75 Å². The van der Waals surface area contributed by atoms with Crippen molar-refractivity contribution in [1.29, 1.82) is 0 Å². The van der Waals surface area contributed by atoms with E-state index in [1.54, 1.807) is 24.3 Å². The van der Waals surface area contributed by atoms with Gasteiger partial charge in [0.15, 0.2) is 11.6 Å². The Hall–Kier alpha value is -3.38. The zero-order valence-electron chi connectivity index (χ0n) is 18.5. The van der Waals surface area contributed by atoms with Gasteiger partial charge >= 0.3 is 5.97 Å². The fourth-order valence-corrected chi connectivity index (χ4v) is 5.28. The standard InChI is InChI=1S/C27H24ClNO5/c28-18-13-17(11-12-23(18)34-14-15-7-9-16(10-8-15)27(32)33)24-25-19(3-1-5-21(25)30)29-20-4-2-6-22(31)26(20)24/h7-13,24,29H,1-6,14H2,(H,32,33). The first kappa shape index (κ1) is 22.4. The third kappa shape index (κ3) is 4.14. The van der Waals surface area contributed by atoms with Gasteiger partial charge in [-0.2, -0.15) is 0 Å². The van der Waals surface area contributed by atoms with Crippen molar-refractivity contribution in [3.63, 3.8) is 0 Å². The van der Waals surface area contributed by atoms with Crippen molar-refractivity contribution in [2.45, 2.75) is 51.0 Å². The third-order valence-electron chi connectivity index (χ3n) is 6.68. The van der Waals surface area contributed by atoms with Crippen LogP contribution >= 0.6 is 11.6 Å². The quantitative estimate of drug-likeness (QED) is 0.605. The van der Waals surface area contributed by atoms with Crippen LogP contribution in [0.2, 0.25) is 5.02 Å². The van der Waals surface area contributed by atoms with Crippen molar-refractivity contribution in [2.75, 3.05) is 0 Å². The lowest BCUT2D eigenvalue weighted by molar-refractivity contribution is -0.117. The molecule has 7 heteroatoms. The number of carbonyl (C=O) groups excluding carboxylic acids is 2. The minimum atomic E-state index is -0.978. The summed E-state index contributed by atoms with van der Waals surface area (Å²) in [4.78, 5) is 36.9. The van der Waals surface area contributed by atoms with Gasteiger partial charge in [-0.1, -0.05) is 29.8 Å². The Bertz CT molecular complexity index is 1220. The van der Waals surface area contributed by atoms with Crippen LogP contribution in [-0.2, 0) is 16.2 Å². The number of nitrogens with one attached hydrogen (secondary N) is 1. The van der Waals surface area contributed by atoms with Crippen LogP contribution in [0.15, 0.2) is 65.0 Å². The van der Waals surface area contributed by atoms with Crippen LogP contribution in [-0.4, -0.2) is 22.6 Å². The maximum absolute atomic E-state index is 12.9. The molecule has 5 rings (SSSR count). The number of halogens is 1. The summed E-state index contributed by atoms with van der Waals surface area (Å²) in [5.41, 5.74) is 5.12. The van der Waals surface area contributed by atoms with Gasteiger partial charge in [-0.05, 0) is 61.1 Å². The lowest BCUT2D eigenvalue weighted by atomic mass is 9.71. The second kappa shape index (κ2) is 9.11. The van der Waals surface area contributed by atoms with Crippen molar-refractivity contribution in [1.82, 2.24) is 5.32 Å². The molecule has 2 aliphatic carbocycles. The number of Topliss-reactive ketones (excluding diaryl/α,β-unsaturated/α-hetero) is 2. The number of hydrogen-bond donors (Lipinski definition) is 2. The largest absolute Gasteiger partial charge is 0.487 e. The van der Waals surface area contributed by atoms with E-state index >= 15 is 0 Å². The predicted octanol–water partition coefficient (Wildman–Crippen LogP) is 5.32. The van der Waals surface area contributed by atoms with Crippen molar-refractivity contribution in [2.24, 2.45) is 0 Å². The number of dihydropyridines is 1. The lowest BCUT2D eigenvalue weighted by Gasteiger charge is -2.37. The van der Waals surface area contributed by atoms with E-state index in [-0.39, 0.29) is 23.7 Å². The number of benzene rings is 2. The highest BCUT2D eigenvalue weighted by Crippen LogP contribution is 2.46. The molecule has 0 amide bonds. The van der Waals surface area contributed by atoms with E-state index in [4.69, 9.17) is 21.4 Å². The van der Waals surface area contributed by atoms with Crippen LogP contribution in [0.25, 0.3) is 0 Å². The highest BCUT2D eigenvalue weighted by Gasteiger charge is 2.40. The molecule has 0 atom stereocenters. The zero-order chi connectivity index (χ0) is 23.8. The molecule has 0 radical (unpaired) electrons. The highest BCUT2D eigenvalue weighted by molar-refractivity contribution is 6.32. The van der Waals surface area contributed by atoms with Gasteiger partial charge < -0.3 is 15.2 Å². The normalized spacial score (nSPS) is 18.4. The van der Waals surface area contributed by atoms with Crippen LogP contribution < -0.4 is 10.1 Å². The summed E-state index contributed by atoms with van der Waals surface area (Å²) in [7, 11) is 0. The second-order valence-corrected chi connectivity index (χ2v) is 9.28. The van der Waals surface area contributed by atoms with Gasteiger partial charge in [0.05, 0.1) is 10.6 Å². The molecule has 0 aromatic heterocycles. The molecule has 1 heterocycles. The maximum Gasteiger partial charge on any atom is 0.335 e. The van der Waals surface area contributed by atoms with Crippen molar-refractivity contribution >= 4 is 29.1 Å². The van der Waals surface area contributed by atoms with E-state index in [1.165, 1.54) is 12.1 Å². The van der Waals surface area contributed by atoms with E-state index in [0.717, 1.165) is 48.2 Å². The third-order valence-corrected chi connectivity index (χ3v) is 6.97. The molecular formula is C27H24ClNO5. The summed E-state index contributed by atoms with van der Waals surface area (Å²) in [6, 6.07) is 11.9. The number of carboxylic acid groups (broad SMARTS) is 1. The van der Waals surface area contributed by atoms with E-state index in [0.29, 0.717) is 34.8 Å². The monoisotopic (exact) mass is 477 g/mol. The van der Waals surface area contributed by atoms with Gasteiger partial charge in [0.1, 0.15) is 12.4 Å². The van der Waals surface area contributed by atoms with Gasteiger partial charge in [-0.15, -0.1) is 0 Å². The molecule has 174 valence electrons. The molecule has 0 saturated carbocycles. The van der Waals surface area contributed by atoms with Crippen molar-refractivity contribution in [3.05, 3.63) is 86.7 Å². The van der Waals surface area contributed by atoms with Crippen LogP contribution in [0.1, 0.15) is 65.9 Å². The molecule has 0 bridgehead atoms. The van der Waals surface area contributed by atoms with E-state index in [1.807, 2.05) is 6.07 Å². The highest BCUT2D eigenvalue weighted by atomic mass is 35.5. The molecule has 0 saturated heterocycles. The van der Waals surface area contributed by atoms with Gasteiger partial charge in [0.25, 0.3) is 0 Å². The number of carboxylic acids is 1. The molecule has 2 aromatic carbocycles. The van der Waals surface area contributed by atoms with Gasteiger partial charge in [-0.3, -0.25) is 9.59 Å². The molecule has 0 unspecified atom stereocenters. The van der Waals surface area contributed by atoms with Gasteiger partial charge in [-0.25, -0.2) is 4.79 Å². The summed E-state index contributed by atoms with van der Waals surface area (Å²) < 4.78 is 5.87. The molecule has 0 fully saturated rings. The second-order valence-electron chi connectivity index (χ2n) is 8.88. The predicted molar refractivity (Wildman–Crippen MR) is 127 cm³/mol. The van der Waals surface area contributed by atoms with Crippen molar-refractivity contribution < 1.29 is 24.2 Å². The smallest absolute Gasteiger partial charge is 0.335 e. The van der Waals surface area contributed by atoms with Crippen LogP contribution in [0.3, 0.4) is 0 Å². The minimum Gasteiger partial charge on any atom is -0.487 e. The molecule has 3 aliphatic rings. The summed E-state index contributed by atoms with van der Waals surface area (Å²) >= 11 is 6.58. The Morgan fingerprint density at radius 3 is 2.12 bits per heavy atom. The number of carbonyl (C=O) groups is 3. The maximum atomic E-state index is 12.9. The Kier molecular flexibility index (Phi) is 6.00. The average Bonchev–Trinajstić information content (AvgIpc) is 2.82. The van der Waals surface area contributed by atoms with E-state index < -0.39 is 11.9 Å². The summed E-state index contributed by atoms with van der Waals surface area (Å²) in [5, 5.41) is 12.8. The Morgan fingerprint density at radius 2 is 1.56 bits per heavy atom. The van der Waals surface area contributed by atoms with Gasteiger partial charge in [0.2, 0.25) is 0 Å². The number of aromatic carboxylic acids is 1. The van der Waals surface area contributed by atoms with Crippen LogP contribution in [0.4, 0.5) is 0 Å². The Balaban J connectivity index is 1.43. The molecule has 6 nitrogen and oxygen atoms in total. The molecule has 2 N–H and O–H groups in total. The molecule has 0 spiro atoms. The molecule has 2 aromatic rings. The lowest BCUT2D eigenvalue weighted by Crippen LogP contribution is -2.36. The number of allylic oxidation sites excluding steroid dienone is 4. The van der Waals surface area contributed by atoms with Gasteiger partial charge in [0, 0.05) is 41.3 Å². The minimum absolute atomic E-state index is 0.0879. The zero-order valence-corrected chi connectivity index (χ0v) is 19.3.